The first-order valence-corrected chi connectivity index (χ1v) is 40.7. The van der Waals surface area contributed by atoms with Gasteiger partial charge in [-0.3, -0.25) is 18.7 Å². The number of Topliss-reactive ketones (excluding diaryl/α,β-unsaturated/α-hetero) is 1. The molecule has 0 saturated heterocycles. The number of carbonyl (C=O) groups excluding carboxylic acids is 2. The number of unbranched alkanes of at least 4 members (excludes halogenated alkanes) is 2. The van der Waals surface area contributed by atoms with Crippen LogP contribution in [0, 0.1) is 12.3 Å². The number of primary amides is 1. The van der Waals surface area contributed by atoms with E-state index in [1.807, 2.05) is 23.7 Å². The Morgan fingerprint density at radius 1 is 0.651 bits per heavy atom. The molecule has 2 aliphatic carbocycles. The number of nitrogens with two attached hydrogens (primary N) is 1. The lowest BCUT2D eigenvalue weighted by molar-refractivity contribution is -0.438. The summed E-state index contributed by atoms with van der Waals surface area (Å²) in [6, 6.07) is 39.9. The van der Waals surface area contributed by atoms with Crippen LogP contribution in [0.3, 0.4) is 0 Å². The number of ketones is 1. The van der Waals surface area contributed by atoms with Gasteiger partial charge in [0.1, 0.15) is 6.54 Å². The van der Waals surface area contributed by atoms with Gasteiger partial charge < -0.3 is 45.0 Å². The standard InChI is InChI=1S/C84H105N7O13S2/c1-59-77-73(56-82(2,3)57-74(77)92)91(88-59)66-33-34-69(81(85)93)70(55-66)87-40-18-44-101-46-48-103-50-52-104-51-49-102-47-45-100-43-17-39-86-58-60-25-27-65(28-26-60)78-63(31-37-75-83(4,5)79-67-23-10-8-19-61(67)29-35-71(79)89(75)41-12-14-53-105(94,95)96)21-16-22-64(78)32-38-76-84(6,7)80-68-24-11-9-20-62(68)30-36-72(80)90(76)42-13-15-54-106(97,98)99/h8-11,19-20,23-38,55,86H,12-18,21-22,39-54,56-58H2,1-7H3,(H4-,85,87,93,94,95,96,97,98,99)/p+1. The molecule has 22 heteroatoms. The Morgan fingerprint density at radius 3 is 1.90 bits per heavy atom. The van der Waals surface area contributed by atoms with Crippen LogP contribution in [0.5, 0.6) is 0 Å². The van der Waals surface area contributed by atoms with Crippen molar-refractivity contribution in [1.82, 2.24) is 15.1 Å². The van der Waals surface area contributed by atoms with Crippen LogP contribution >= 0.6 is 0 Å². The Morgan fingerprint density at radius 2 is 1.25 bits per heavy atom. The molecule has 1 amide bonds. The van der Waals surface area contributed by atoms with Crippen molar-refractivity contribution in [2.24, 2.45) is 11.1 Å². The maximum Gasteiger partial charge on any atom is 0.264 e. The van der Waals surface area contributed by atoms with Crippen molar-refractivity contribution in [3.8, 4) is 5.69 Å². The van der Waals surface area contributed by atoms with Crippen molar-refractivity contribution < 1.29 is 63.8 Å². The molecule has 11 rings (SSSR count). The van der Waals surface area contributed by atoms with Crippen molar-refractivity contribution in [2.75, 3.05) is 114 Å². The lowest BCUT2D eigenvalue weighted by Gasteiger charge is -2.29. The molecule has 0 bridgehead atoms. The highest BCUT2D eigenvalue weighted by atomic mass is 32.2. The summed E-state index contributed by atoms with van der Waals surface area (Å²) in [6.45, 7) is 23.0. The average Bonchev–Trinajstić information content (AvgIpc) is 1.58. The fourth-order valence-electron chi connectivity index (χ4n) is 15.7. The summed E-state index contributed by atoms with van der Waals surface area (Å²) >= 11 is 0. The lowest BCUT2D eigenvalue weighted by atomic mass is 9.75. The Bertz CT molecular complexity index is 4720. The van der Waals surface area contributed by atoms with E-state index in [0.29, 0.717) is 160 Å². The van der Waals surface area contributed by atoms with Gasteiger partial charge >= 0.3 is 0 Å². The van der Waals surface area contributed by atoms with Crippen molar-refractivity contribution >= 4 is 81.8 Å². The van der Waals surface area contributed by atoms with Gasteiger partial charge in [0.25, 0.3) is 26.1 Å². The van der Waals surface area contributed by atoms with Crippen LogP contribution < -0.4 is 21.3 Å². The number of hydrogen-bond donors (Lipinski definition) is 5. The Hall–Kier alpha value is -8.00. The third-order valence-electron chi connectivity index (χ3n) is 20.7. The zero-order valence-corrected chi connectivity index (χ0v) is 64.3. The van der Waals surface area contributed by atoms with Crippen LogP contribution in [0.4, 0.5) is 17.1 Å². The summed E-state index contributed by atoms with van der Waals surface area (Å²) in [7, 11) is -8.21. The Kier molecular flexibility index (Phi) is 26.4. The van der Waals surface area contributed by atoms with E-state index in [2.05, 4.69) is 183 Å². The maximum absolute atomic E-state index is 13.0. The molecular formula is C84H106N7O13S2+. The number of nitrogens with zero attached hydrogens (tertiary/aromatic N) is 4. The van der Waals surface area contributed by atoms with Crippen LogP contribution in [0.25, 0.3) is 32.8 Å². The summed E-state index contributed by atoms with van der Waals surface area (Å²) in [4.78, 5) is 27.7. The minimum Gasteiger partial charge on any atom is -0.384 e. The molecule has 7 aromatic rings. The van der Waals surface area contributed by atoms with Crippen LogP contribution in [0.1, 0.15) is 160 Å². The fraction of sp³-hybridized carbons (Fsp3) is 0.452. The second-order valence-corrected chi connectivity index (χ2v) is 33.2. The van der Waals surface area contributed by atoms with E-state index in [4.69, 9.17) is 34.5 Å². The molecular weight excluding hydrogens is 1380 g/mol. The van der Waals surface area contributed by atoms with Gasteiger partial charge in [0, 0.05) is 85.9 Å². The SMILES string of the molecule is Cc1nn(-c2ccc(C(N)=O)c(NCCCOCCOCCOCCOCCOCCCNCc3ccc(C4=C(/C=C/C5=[N+](CCCCS(=O)(=O)O)c6ccc7ccccc7c6C5(C)C)CCC/C4=C\C=C4\N(CCCCS(=O)(=O)O)c5ccc6ccccc6c5C4(C)C)cc3)c2)c2c1C(=O)CC(C)(C)C2. The summed E-state index contributed by atoms with van der Waals surface area (Å²) in [5, 5.41) is 16.4. The number of anilines is 2. The van der Waals surface area contributed by atoms with Gasteiger partial charge in [-0.1, -0.05) is 119 Å². The summed E-state index contributed by atoms with van der Waals surface area (Å²) in [6.07, 6.45) is 16.4. The number of fused-ring (bicyclic) bond motifs is 7. The minimum absolute atomic E-state index is 0.108. The van der Waals surface area contributed by atoms with E-state index in [-0.39, 0.29) is 22.7 Å². The molecule has 0 fully saturated rings. The molecule has 0 radical (unpaired) electrons. The largest absolute Gasteiger partial charge is 0.384 e. The molecule has 20 nitrogen and oxygen atoms in total. The molecule has 566 valence electrons. The lowest BCUT2D eigenvalue weighted by Crippen LogP contribution is -2.28. The normalized spacial score (nSPS) is 17.1. The topological polar surface area (TPSA) is 263 Å². The number of carbonyl (C=O) groups is 2. The smallest absolute Gasteiger partial charge is 0.264 e. The number of hydrogen-bond acceptors (Lipinski definition) is 15. The highest BCUT2D eigenvalue weighted by Crippen LogP contribution is 2.52. The van der Waals surface area contributed by atoms with Gasteiger partial charge in [-0.15, -0.1) is 0 Å². The van der Waals surface area contributed by atoms with Gasteiger partial charge in [0.15, 0.2) is 11.5 Å². The first kappa shape index (κ1) is 79.1. The number of ether oxygens (including phenoxy) is 5. The van der Waals surface area contributed by atoms with Gasteiger partial charge in [-0.2, -0.15) is 26.5 Å². The molecule has 4 aliphatic rings. The predicted molar refractivity (Wildman–Crippen MR) is 422 cm³/mol. The predicted octanol–water partition coefficient (Wildman–Crippen LogP) is 14.3. The van der Waals surface area contributed by atoms with E-state index >= 15 is 0 Å². The van der Waals surface area contributed by atoms with E-state index in [1.165, 1.54) is 38.6 Å². The summed E-state index contributed by atoms with van der Waals surface area (Å²) < 4.78 is 99.7. The number of rotatable bonds is 39. The van der Waals surface area contributed by atoms with Crippen LogP contribution in [0.15, 0.2) is 156 Å². The third kappa shape index (κ3) is 19.6. The highest BCUT2D eigenvalue weighted by Gasteiger charge is 2.46. The summed E-state index contributed by atoms with van der Waals surface area (Å²) in [5.41, 5.74) is 21.6. The number of allylic oxidation sites excluding steroid dienone is 8. The maximum atomic E-state index is 13.0. The molecule has 6 aromatic carbocycles. The zero-order chi connectivity index (χ0) is 75.2. The van der Waals surface area contributed by atoms with Crippen LogP contribution in [-0.4, -0.2) is 161 Å². The molecule has 6 N–H and O–H groups in total. The Balaban J connectivity index is 0.653. The molecule has 2 aliphatic heterocycles. The molecule has 0 atom stereocenters. The van der Waals surface area contributed by atoms with Gasteiger partial charge in [-0.25, -0.2) is 4.68 Å². The number of aromatic nitrogens is 2. The highest BCUT2D eigenvalue weighted by molar-refractivity contribution is 7.86. The molecule has 1 aromatic heterocycles. The number of benzene rings is 6. The quantitative estimate of drug-likeness (QED) is 0.0136. The van der Waals surface area contributed by atoms with Gasteiger partial charge in [0.2, 0.25) is 5.69 Å². The van der Waals surface area contributed by atoms with Crippen LogP contribution in [0.2, 0.25) is 0 Å². The minimum atomic E-state index is -4.10. The first-order chi connectivity index (χ1) is 50.8. The fourth-order valence-corrected chi connectivity index (χ4v) is 16.9. The third-order valence-corrected chi connectivity index (χ3v) is 22.3. The van der Waals surface area contributed by atoms with Crippen LogP contribution in [-0.2, 0) is 67.7 Å². The average molecular weight is 1490 g/mol. The Labute approximate surface area is 625 Å². The second kappa shape index (κ2) is 35.4. The van der Waals surface area contributed by atoms with Crippen molar-refractivity contribution in [3.05, 3.63) is 201 Å². The molecule has 106 heavy (non-hydrogen) atoms. The number of aryl methyl sites for hydroxylation is 1. The molecule has 0 saturated carbocycles. The first-order valence-electron chi connectivity index (χ1n) is 37.5. The second-order valence-electron chi connectivity index (χ2n) is 30.0. The van der Waals surface area contributed by atoms with Gasteiger partial charge in [-0.05, 0) is 182 Å². The van der Waals surface area contributed by atoms with Crippen molar-refractivity contribution in [1.29, 1.82) is 0 Å². The number of nitrogens with one attached hydrogen (secondary N) is 2. The molecule has 0 spiro atoms. The van der Waals surface area contributed by atoms with E-state index in [9.17, 15) is 35.5 Å². The zero-order valence-electron chi connectivity index (χ0n) is 62.6. The summed E-state index contributed by atoms with van der Waals surface area (Å²) in [5.74, 6) is -1.01. The van der Waals surface area contributed by atoms with Crippen molar-refractivity contribution in [2.45, 2.75) is 136 Å². The van der Waals surface area contributed by atoms with E-state index in [1.54, 1.807) is 6.07 Å². The molecule has 3 heterocycles. The van der Waals surface area contributed by atoms with Gasteiger partial charge in [0.05, 0.1) is 98.0 Å². The monoisotopic (exact) mass is 1480 g/mol. The number of amides is 1. The van der Waals surface area contributed by atoms with E-state index < -0.39 is 37.0 Å². The molecule has 0 unspecified atom stereocenters. The van der Waals surface area contributed by atoms with Crippen molar-refractivity contribution in [3.63, 3.8) is 0 Å². The van der Waals surface area contributed by atoms with E-state index in [0.717, 1.165) is 88.3 Å².